The van der Waals surface area contributed by atoms with Gasteiger partial charge in [-0.2, -0.15) is 0 Å². The third-order valence-corrected chi connectivity index (χ3v) is 10.5. The van der Waals surface area contributed by atoms with Gasteiger partial charge in [-0.1, -0.05) is 57.5 Å². The van der Waals surface area contributed by atoms with E-state index in [2.05, 4.69) is 77.9 Å². The van der Waals surface area contributed by atoms with Crippen molar-refractivity contribution in [1.82, 2.24) is 0 Å². The fourth-order valence-corrected chi connectivity index (χ4v) is 9.12. The second-order valence-electron chi connectivity index (χ2n) is 15.5. The van der Waals surface area contributed by atoms with Crippen LogP contribution < -0.4 is 0 Å². The first kappa shape index (κ1) is 39.5. The van der Waals surface area contributed by atoms with Gasteiger partial charge in [-0.05, 0) is 122 Å². The van der Waals surface area contributed by atoms with Crippen LogP contribution in [0.15, 0.2) is 5.16 Å². The van der Waals surface area contributed by atoms with Crippen LogP contribution in [-0.2, 0) is 22.9 Å². The predicted molar refractivity (Wildman–Crippen MR) is 187 cm³/mol. The van der Waals surface area contributed by atoms with E-state index in [9.17, 15) is 4.79 Å². The van der Waals surface area contributed by atoms with Crippen LogP contribution in [0.1, 0.15) is 110 Å². The van der Waals surface area contributed by atoms with E-state index in [0.717, 1.165) is 57.8 Å². The molecular formula is C33H69NO5Si3. The van der Waals surface area contributed by atoms with Crippen molar-refractivity contribution in [3.05, 3.63) is 0 Å². The van der Waals surface area contributed by atoms with Crippen molar-refractivity contribution in [1.29, 1.82) is 0 Å². The Morgan fingerprint density at radius 2 is 1.19 bits per heavy atom. The van der Waals surface area contributed by atoms with E-state index >= 15 is 0 Å². The molecule has 9 heteroatoms. The van der Waals surface area contributed by atoms with Crippen molar-refractivity contribution in [2.75, 3.05) is 6.61 Å². The maximum atomic E-state index is 12.1. The molecule has 1 saturated carbocycles. The summed E-state index contributed by atoms with van der Waals surface area (Å²) in [6, 6.07) is 0. The summed E-state index contributed by atoms with van der Waals surface area (Å²) in [6.45, 7) is 25.3. The molecule has 1 aliphatic carbocycles. The summed E-state index contributed by atoms with van der Waals surface area (Å²) in [5.41, 5.74) is 1.23. The van der Waals surface area contributed by atoms with Gasteiger partial charge >= 0.3 is 0 Å². The number of nitrogens with zero attached hydrogens (tertiary/aromatic N) is 1. The summed E-state index contributed by atoms with van der Waals surface area (Å²) >= 11 is 0. The van der Waals surface area contributed by atoms with Gasteiger partial charge < -0.3 is 18.1 Å². The van der Waals surface area contributed by atoms with Crippen LogP contribution in [0.5, 0.6) is 0 Å². The molecule has 1 fully saturated rings. The molecule has 0 aliphatic heterocycles. The lowest BCUT2D eigenvalue weighted by atomic mass is 9.84. The summed E-state index contributed by atoms with van der Waals surface area (Å²) in [7, 11) is -5.21. The fraction of sp³-hybridized carbons (Fsp3) is 0.939. The molecule has 1 rings (SSSR count). The van der Waals surface area contributed by atoms with E-state index in [0.29, 0.717) is 24.9 Å². The molecule has 0 bridgehead atoms. The second kappa shape index (κ2) is 19.8. The SMILES string of the molecule is CCCCC/C(CC[C@@H]1[C@@H](CCCCCCC(=O)O[Si](C)(C)C)[C@@H](O[Si](C)(C)C)C[C@H]1O[Si](C)(C)C)=N/OCCCC. The molecule has 0 aromatic heterocycles. The summed E-state index contributed by atoms with van der Waals surface area (Å²) in [5.74, 6) is 0.972. The molecule has 42 heavy (non-hydrogen) atoms. The van der Waals surface area contributed by atoms with Crippen molar-refractivity contribution in [2.45, 2.75) is 181 Å². The fourth-order valence-electron chi connectivity index (χ4n) is 5.98. The first-order valence-corrected chi connectivity index (χ1v) is 27.5. The summed E-state index contributed by atoms with van der Waals surface area (Å²) < 4.78 is 19.4. The Morgan fingerprint density at radius 3 is 1.74 bits per heavy atom. The zero-order chi connectivity index (χ0) is 31.8. The maximum Gasteiger partial charge on any atom is 0.292 e. The van der Waals surface area contributed by atoms with Crippen LogP contribution >= 0.6 is 0 Å². The van der Waals surface area contributed by atoms with Crippen LogP contribution in [0.2, 0.25) is 58.9 Å². The minimum Gasteiger partial charge on any atom is -0.520 e. The number of hydrogen-bond acceptors (Lipinski definition) is 6. The Bertz CT molecular complexity index is 773. The van der Waals surface area contributed by atoms with Crippen LogP contribution in [0.4, 0.5) is 0 Å². The van der Waals surface area contributed by atoms with Crippen molar-refractivity contribution < 1.29 is 22.9 Å². The van der Waals surface area contributed by atoms with E-state index in [1.807, 2.05) is 0 Å². The second-order valence-corrected chi connectivity index (χ2v) is 28.8. The highest BCUT2D eigenvalue weighted by Gasteiger charge is 2.46. The highest BCUT2D eigenvalue weighted by Crippen LogP contribution is 2.44. The number of unbranched alkanes of at least 4 members (excludes halogenated alkanes) is 6. The van der Waals surface area contributed by atoms with Crippen LogP contribution in [0.25, 0.3) is 0 Å². The molecule has 1 aliphatic rings. The van der Waals surface area contributed by atoms with E-state index in [4.69, 9.17) is 18.1 Å². The molecular weight excluding hydrogens is 575 g/mol. The van der Waals surface area contributed by atoms with Crippen molar-refractivity contribution in [2.24, 2.45) is 17.0 Å². The Kier molecular flexibility index (Phi) is 18.6. The van der Waals surface area contributed by atoms with Crippen molar-refractivity contribution in [3.8, 4) is 0 Å². The number of oxime groups is 1. The minimum absolute atomic E-state index is 0.0185. The lowest BCUT2D eigenvalue weighted by Gasteiger charge is -2.32. The van der Waals surface area contributed by atoms with Gasteiger partial charge in [0.05, 0.1) is 17.9 Å². The quantitative estimate of drug-likeness (QED) is 0.0480. The largest absolute Gasteiger partial charge is 0.520 e. The molecule has 0 unspecified atom stereocenters. The molecule has 0 radical (unpaired) electrons. The van der Waals surface area contributed by atoms with E-state index in [1.54, 1.807) is 0 Å². The minimum atomic E-state index is -1.80. The normalized spacial score (nSPS) is 22.0. The molecule has 0 spiro atoms. The Balaban J connectivity index is 2.96. The summed E-state index contributed by atoms with van der Waals surface area (Å²) in [4.78, 5) is 17.9. The Morgan fingerprint density at radius 1 is 0.643 bits per heavy atom. The van der Waals surface area contributed by atoms with Gasteiger partial charge in [0.25, 0.3) is 5.97 Å². The van der Waals surface area contributed by atoms with Gasteiger partial charge in [-0.25, -0.2) is 0 Å². The monoisotopic (exact) mass is 643 g/mol. The zero-order valence-corrected chi connectivity index (χ0v) is 32.6. The molecule has 0 aromatic carbocycles. The highest BCUT2D eigenvalue weighted by atomic mass is 28.4. The number of hydrogen-bond donors (Lipinski definition) is 0. The van der Waals surface area contributed by atoms with Gasteiger partial charge in [0.2, 0.25) is 8.32 Å². The average Bonchev–Trinajstić information content (AvgIpc) is 3.13. The smallest absolute Gasteiger partial charge is 0.292 e. The maximum absolute atomic E-state index is 12.1. The van der Waals surface area contributed by atoms with E-state index < -0.39 is 25.0 Å². The highest BCUT2D eigenvalue weighted by molar-refractivity contribution is 6.71. The first-order chi connectivity index (χ1) is 19.5. The molecule has 0 saturated heterocycles. The molecule has 0 aromatic rings. The Hall–Kier alpha value is -0.489. The predicted octanol–water partition coefficient (Wildman–Crippen LogP) is 10.3. The van der Waals surface area contributed by atoms with Gasteiger partial charge in [-0.3, -0.25) is 4.79 Å². The first-order valence-electron chi connectivity index (χ1n) is 17.3. The molecule has 0 heterocycles. The molecule has 0 amide bonds. The van der Waals surface area contributed by atoms with Gasteiger partial charge in [-0.15, -0.1) is 0 Å². The van der Waals surface area contributed by atoms with E-state index in [-0.39, 0.29) is 18.2 Å². The lowest BCUT2D eigenvalue weighted by molar-refractivity contribution is -0.135. The summed E-state index contributed by atoms with van der Waals surface area (Å²) in [5, 5.41) is 4.65. The molecule has 6 nitrogen and oxygen atoms in total. The van der Waals surface area contributed by atoms with Crippen LogP contribution in [0, 0.1) is 11.8 Å². The van der Waals surface area contributed by atoms with Crippen LogP contribution in [-0.4, -0.2) is 55.4 Å². The third kappa shape index (κ3) is 19.0. The van der Waals surface area contributed by atoms with E-state index in [1.165, 1.54) is 37.8 Å². The number of carbonyl (C=O) groups is 1. The molecule has 4 atom stereocenters. The third-order valence-electron chi connectivity index (χ3n) is 7.69. The standard InChI is InChI=1S/C33H69NO5Si3/c1-12-14-18-21-28(34-36-26-15-13-2)24-25-30-29(22-19-16-17-20-23-33(35)39-42(9,10)11)31(37-40(3,4)5)27-32(30)38-41(6,7)8/h29-32H,12-27H2,1-11H3/b34-28-/t29-,30-,31+,32-/m1/s1. The van der Waals surface area contributed by atoms with Crippen molar-refractivity contribution in [3.63, 3.8) is 0 Å². The number of rotatable bonds is 23. The number of carbonyl (C=O) groups excluding carboxylic acids is 1. The Labute approximate surface area is 263 Å². The topological polar surface area (TPSA) is 66.4 Å². The van der Waals surface area contributed by atoms with Gasteiger partial charge in [0.15, 0.2) is 16.6 Å². The van der Waals surface area contributed by atoms with Gasteiger partial charge in [0, 0.05) is 6.42 Å². The van der Waals surface area contributed by atoms with Crippen molar-refractivity contribution >= 4 is 36.6 Å². The average molecular weight is 644 g/mol. The lowest BCUT2D eigenvalue weighted by Crippen LogP contribution is -2.35. The zero-order valence-electron chi connectivity index (χ0n) is 29.6. The summed E-state index contributed by atoms with van der Waals surface area (Å²) in [6.07, 6.45) is 16.5. The molecule has 0 N–H and O–H groups in total. The van der Waals surface area contributed by atoms with Gasteiger partial charge in [0.1, 0.15) is 6.61 Å². The molecule has 248 valence electrons. The van der Waals surface area contributed by atoms with Crippen LogP contribution in [0.3, 0.4) is 0 Å².